The summed E-state index contributed by atoms with van der Waals surface area (Å²) in [6.45, 7) is 0.124. The fourth-order valence-corrected chi connectivity index (χ4v) is 1.24. The lowest BCUT2D eigenvalue weighted by Crippen LogP contribution is -2.10. The third-order valence-electron chi connectivity index (χ3n) is 1.97. The zero-order valence-electron chi connectivity index (χ0n) is 8.48. The van der Waals surface area contributed by atoms with Gasteiger partial charge in [-0.1, -0.05) is 0 Å². The summed E-state index contributed by atoms with van der Waals surface area (Å²) in [4.78, 5) is 22.1. The molecule has 0 saturated heterocycles. The lowest BCUT2D eigenvalue weighted by molar-refractivity contribution is 0.0694. The van der Waals surface area contributed by atoms with Gasteiger partial charge in [-0.15, -0.1) is 5.10 Å². The number of aromatic nitrogens is 5. The van der Waals surface area contributed by atoms with Crippen molar-refractivity contribution in [1.82, 2.24) is 24.7 Å². The van der Waals surface area contributed by atoms with Crippen LogP contribution in [0.3, 0.4) is 0 Å². The Bertz CT molecular complexity index is 600. The average Bonchev–Trinajstić information content (AvgIpc) is 2.77. The Morgan fingerprint density at radius 3 is 3.00 bits per heavy atom. The van der Waals surface area contributed by atoms with Gasteiger partial charge >= 0.3 is 5.97 Å². The highest BCUT2D eigenvalue weighted by Gasteiger charge is 2.12. The molecule has 8 heteroatoms. The minimum Gasteiger partial charge on any atom is -0.478 e. The Labute approximate surface area is 95.2 Å². The maximum absolute atomic E-state index is 10.9. The van der Waals surface area contributed by atoms with Gasteiger partial charge in [0.25, 0.3) is 5.82 Å². The molecule has 8 nitrogen and oxygen atoms in total. The molecular formula is C9H6N6O2. The van der Waals surface area contributed by atoms with Gasteiger partial charge in [0, 0.05) is 6.20 Å². The molecule has 2 heterocycles. The molecule has 0 aliphatic carbocycles. The van der Waals surface area contributed by atoms with E-state index >= 15 is 0 Å². The van der Waals surface area contributed by atoms with Crippen LogP contribution in [0.1, 0.15) is 21.9 Å². The number of carboxylic acids is 1. The third-order valence-corrected chi connectivity index (χ3v) is 1.97. The molecule has 1 N–H and O–H groups in total. The summed E-state index contributed by atoms with van der Waals surface area (Å²) in [7, 11) is 0. The number of carbonyl (C=O) groups is 1. The van der Waals surface area contributed by atoms with Crippen molar-refractivity contribution in [3.8, 4) is 6.07 Å². The quantitative estimate of drug-likeness (QED) is 0.767. The number of carboxylic acid groups (broad SMARTS) is 1. The first-order valence-electron chi connectivity index (χ1n) is 4.52. The van der Waals surface area contributed by atoms with Crippen molar-refractivity contribution in [1.29, 1.82) is 5.26 Å². The number of nitriles is 1. The van der Waals surface area contributed by atoms with Crippen molar-refractivity contribution in [2.75, 3.05) is 0 Å². The highest BCUT2D eigenvalue weighted by molar-refractivity contribution is 5.88. The van der Waals surface area contributed by atoms with Crippen LogP contribution in [0.4, 0.5) is 0 Å². The fraction of sp³-hybridized carbons (Fsp3) is 0.111. The lowest BCUT2D eigenvalue weighted by Gasteiger charge is -2.02. The third kappa shape index (κ3) is 2.23. The van der Waals surface area contributed by atoms with E-state index in [1.807, 2.05) is 0 Å². The second kappa shape index (κ2) is 4.36. The minimum absolute atomic E-state index is 0.00140. The monoisotopic (exact) mass is 230 g/mol. The van der Waals surface area contributed by atoms with Gasteiger partial charge < -0.3 is 5.11 Å². The Morgan fingerprint density at radius 1 is 1.53 bits per heavy atom. The smallest absolute Gasteiger partial charge is 0.339 e. The zero-order chi connectivity index (χ0) is 12.3. The van der Waals surface area contributed by atoms with Gasteiger partial charge in [-0.25, -0.2) is 24.4 Å². The number of rotatable bonds is 3. The van der Waals surface area contributed by atoms with Crippen LogP contribution >= 0.6 is 0 Å². The summed E-state index contributed by atoms with van der Waals surface area (Å²) in [6, 6.07) is 1.78. The van der Waals surface area contributed by atoms with Crippen LogP contribution in [0.2, 0.25) is 0 Å². The van der Waals surface area contributed by atoms with Crippen molar-refractivity contribution >= 4 is 5.97 Å². The predicted octanol–water partition coefficient (Wildman–Crippen LogP) is -0.314. The maximum Gasteiger partial charge on any atom is 0.339 e. The van der Waals surface area contributed by atoms with E-state index in [0.717, 1.165) is 0 Å². The molecule has 0 bridgehead atoms. The topological polar surface area (TPSA) is 118 Å². The Morgan fingerprint density at radius 2 is 2.35 bits per heavy atom. The van der Waals surface area contributed by atoms with Gasteiger partial charge in [0.2, 0.25) is 0 Å². The van der Waals surface area contributed by atoms with Gasteiger partial charge in [0.1, 0.15) is 24.3 Å². The lowest BCUT2D eigenvalue weighted by atomic mass is 10.2. The predicted molar refractivity (Wildman–Crippen MR) is 52.8 cm³/mol. The van der Waals surface area contributed by atoms with Crippen LogP contribution in [0, 0.1) is 11.3 Å². The molecule has 0 aromatic carbocycles. The summed E-state index contributed by atoms with van der Waals surface area (Å²) in [5.74, 6) is -1.09. The van der Waals surface area contributed by atoms with Crippen LogP contribution in [0.25, 0.3) is 0 Å². The molecule has 0 aliphatic rings. The summed E-state index contributed by atoms with van der Waals surface area (Å²) in [5.41, 5.74) is 0.309. The maximum atomic E-state index is 10.9. The average molecular weight is 230 g/mol. The van der Waals surface area contributed by atoms with Gasteiger partial charge in [-0.05, 0) is 0 Å². The first kappa shape index (κ1) is 10.7. The van der Waals surface area contributed by atoms with E-state index in [2.05, 4.69) is 20.1 Å². The molecule has 0 atom stereocenters. The molecule has 0 saturated carbocycles. The van der Waals surface area contributed by atoms with E-state index in [1.165, 1.54) is 23.5 Å². The second-order valence-corrected chi connectivity index (χ2v) is 3.07. The van der Waals surface area contributed by atoms with E-state index in [-0.39, 0.29) is 17.9 Å². The van der Waals surface area contributed by atoms with Crippen LogP contribution in [-0.4, -0.2) is 35.8 Å². The molecule has 0 amide bonds. The second-order valence-electron chi connectivity index (χ2n) is 3.07. The largest absolute Gasteiger partial charge is 0.478 e. The van der Waals surface area contributed by atoms with Crippen molar-refractivity contribution in [2.24, 2.45) is 0 Å². The Balaban J connectivity index is 2.30. The van der Waals surface area contributed by atoms with Gasteiger partial charge in [0.15, 0.2) is 0 Å². The number of hydrogen-bond donors (Lipinski definition) is 1. The van der Waals surface area contributed by atoms with Crippen molar-refractivity contribution in [3.05, 3.63) is 35.9 Å². The van der Waals surface area contributed by atoms with Crippen LogP contribution < -0.4 is 0 Å². The minimum atomic E-state index is -1.11. The highest BCUT2D eigenvalue weighted by atomic mass is 16.4. The molecule has 0 spiro atoms. The number of hydrogen-bond acceptors (Lipinski definition) is 6. The van der Waals surface area contributed by atoms with Gasteiger partial charge in [-0.2, -0.15) is 5.26 Å². The van der Waals surface area contributed by atoms with Crippen molar-refractivity contribution in [3.63, 3.8) is 0 Å². The van der Waals surface area contributed by atoms with Crippen molar-refractivity contribution < 1.29 is 9.90 Å². The number of aromatic carboxylic acids is 1. The molecule has 0 radical (unpaired) electrons. The van der Waals surface area contributed by atoms with E-state index < -0.39 is 5.97 Å². The van der Waals surface area contributed by atoms with Crippen LogP contribution in [0.5, 0.6) is 0 Å². The Hall–Kier alpha value is -2.82. The summed E-state index contributed by atoms with van der Waals surface area (Å²) in [5, 5.41) is 21.3. The van der Waals surface area contributed by atoms with Crippen LogP contribution in [0.15, 0.2) is 18.9 Å². The molecule has 0 unspecified atom stereocenters. The summed E-state index contributed by atoms with van der Waals surface area (Å²) in [6.07, 6.45) is 3.81. The fourth-order valence-electron chi connectivity index (χ4n) is 1.24. The molecular weight excluding hydrogens is 224 g/mol. The molecule has 2 aromatic rings. The SMILES string of the molecule is N#Cc1ncn(Cc2ncncc2C(=O)O)n1. The van der Waals surface area contributed by atoms with E-state index in [1.54, 1.807) is 6.07 Å². The summed E-state index contributed by atoms with van der Waals surface area (Å²) < 4.78 is 1.34. The molecule has 0 fully saturated rings. The molecule has 17 heavy (non-hydrogen) atoms. The van der Waals surface area contributed by atoms with Crippen LogP contribution in [-0.2, 0) is 6.54 Å². The molecule has 2 rings (SSSR count). The van der Waals surface area contributed by atoms with E-state index in [0.29, 0.717) is 5.69 Å². The van der Waals surface area contributed by atoms with Gasteiger partial charge in [0.05, 0.1) is 12.2 Å². The first-order valence-corrected chi connectivity index (χ1v) is 4.52. The summed E-state index contributed by atoms with van der Waals surface area (Å²) >= 11 is 0. The zero-order valence-corrected chi connectivity index (χ0v) is 8.48. The first-order chi connectivity index (χ1) is 8.20. The standard InChI is InChI=1S/C9H6N6O2/c10-1-8-13-5-15(14-8)3-7-6(9(16)17)2-11-4-12-7/h2,4-5H,3H2,(H,16,17). The normalized spacial score (nSPS) is 9.82. The van der Waals surface area contributed by atoms with E-state index in [9.17, 15) is 4.79 Å². The Kier molecular flexibility index (Phi) is 2.74. The van der Waals surface area contributed by atoms with Gasteiger partial charge in [-0.3, -0.25) is 0 Å². The number of nitrogens with zero attached hydrogens (tertiary/aromatic N) is 6. The van der Waals surface area contributed by atoms with Crippen molar-refractivity contribution in [2.45, 2.75) is 6.54 Å². The van der Waals surface area contributed by atoms with E-state index in [4.69, 9.17) is 10.4 Å². The highest BCUT2D eigenvalue weighted by Crippen LogP contribution is 2.05. The molecule has 84 valence electrons. The molecule has 2 aromatic heterocycles. The molecule has 0 aliphatic heterocycles.